The van der Waals surface area contributed by atoms with E-state index in [4.69, 9.17) is 0 Å². The van der Waals surface area contributed by atoms with Gasteiger partial charge in [-0.25, -0.2) is 0 Å². The molecule has 82 valence electrons. The molecule has 3 aliphatic heterocycles. The molecule has 0 saturated carbocycles. The molecule has 5 nitrogen and oxygen atoms in total. The molecule has 5 heteroatoms. The molecule has 4 rings (SSSR count). The monoisotopic (exact) mass is 207 g/mol. The Morgan fingerprint density at radius 2 is 2.13 bits per heavy atom. The zero-order valence-corrected chi connectivity index (χ0v) is 9.13. The number of rotatable bonds is 2. The largest absolute Gasteiger partial charge is 0.303 e. The van der Waals surface area contributed by atoms with Crippen molar-refractivity contribution in [1.82, 2.24) is 25.1 Å². The molecule has 1 unspecified atom stereocenters. The van der Waals surface area contributed by atoms with Crippen LogP contribution in [0.3, 0.4) is 0 Å². The molecule has 1 aromatic heterocycles. The molecule has 3 aliphatic rings. The van der Waals surface area contributed by atoms with Crippen molar-refractivity contribution in [3.05, 3.63) is 5.82 Å². The third-order valence-electron chi connectivity index (χ3n) is 3.74. The second kappa shape index (κ2) is 3.56. The van der Waals surface area contributed by atoms with Gasteiger partial charge in [-0.1, -0.05) is 0 Å². The fourth-order valence-electron chi connectivity index (χ4n) is 2.80. The molecule has 0 aromatic carbocycles. The van der Waals surface area contributed by atoms with E-state index in [1.54, 1.807) is 4.80 Å². The van der Waals surface area contributed by atoms with Crippen LogP contribution >= 0.6 is 0 Å². The summed E-state index contributed by atoms with van der Waals surface area (Å²) in [6.45, 7) is 6.53. The van der Waals surface area contributed by atoms with Crippen molar-refractivity contribution in [2.75, 3.05) is 19.6 Å². The van der Waals surface area contributed by atoms with E-state index >= 15 is 0 Å². The summed E-state index contributed by atoms with van der Waals surface area (Å²) in [5, 5.41) is 12.7. The van der Waals surface area contributed by atoms with Crippen LogP contribution in [-0.2, 0) is 6.54 Å². The Labute approximate surface area is 89.4 Å². The van der Waals surface area contributed by atoms with Gasteiger partial charge in [0.25, 0.3) is 0 Å². The maximum atomic E-state index is 4.44. The predicted molar refractivity (Wildman–Crippen MR) is 55.4 cm³/mol. The number of nitrogens with zero attached hydrogens (tertiary/aromatic N) is 5. The number of hydrogen-bond acceptors (Lipinski definition) is 4. The van der Waals surface area contributed by atoms with Gasteiger partial charge in [0.05, 0.1) is 6.54 Å². The van der Waals surface area contributed by atoms with Crippen LogP contribution in [0.1, 0.15) is 31.5 Å². The van der Waals surface area contributed by atoms with E-state index in [0.717, 1.165) is 24.8 Å². The smallest absolute Gasteiger partial charge is 0.179 e. The molecule has 3 fully saturated rings. The molecule has 4 heterocycles. The Morgan fingerprint density at radius 3 is 2.67 bits per heavy atom. The van der Waals surface area contributed by atoms with Crippen LogP contribution in [0.2, 0.25) is 0 Å². The Balaban J connectivity index is 1.81. The highest BCUT2D eigenvalue weighted by atomic mass is 15.6. The van der Waals surface area contributed by atoms with Crippen LogP contribution in [0.4, 0.5) is 0 Å². The van der Waals surface area contributed by atoms with E-state index in [0.29, 0.717) is 5.92 Å². The minimum absolute atomic E-state index is 0.535. The second-order valence-corrected chi connectivity index (χ2v) is 4.58. The van der Waals surface area contributed by atoms with Gasteiger partial charge in [0, 0.05) is 12.5 Å². The maximum absolute atomic E-state index is 4.44. The average molecular weight is 207 g/mol. The lowest BCUT2D eigenvalue weighted by atomic mass is 9.79. The molecule has 0 amide bonds. The maximum Gasteiger partial charge on any atom is 0.179 e. The summed E-state index contributed by atoms with van der Waals surface area (Å²) in [6, 6.07) is 0. The number of piperidine rings is 3. The van der Waals surface area contributed by atoms with Crippen molar-refractivity contribution in [3.8, 4) is 0 Å². The Bertz CT molecular complexity index is 339. The molecule has 2 bridgehead atoms. The van der Waals surface area contributed by atoms with Gasteiger partial charge in [0.2, 0.25) is 0 Å². The quantitative estimate of drug-likeness (QED) is 0.708. The SMILES string of the molecule is CCn1nnc(C2CN3CCC2CC3)n1. The highest BCUT2D eigenvalue weighted by Crippen LogP contribution is 2.37. The summed E-state index contributed by atoms with van der Waals surface area (Å²) in [7, 11) is 0. The molecule has 0 radical (unpaired) electrons. The first-order valence-corrected chi connectivity index (χ1v) is 5.87. The van der Waals surface area contributed by atoms with E-state index < -0.39 is 0 Å². The number of aromatic nitrogens is 4. The Hall–Kier alpha value is -0.970. The van der Waals surface area contributed by atoms with Gasteiger partial charge in [-0.3, -0.25) is 0 Å². The lowest BCUT2D eigenvalue weighted by Gasteiger charge is -2.43. The molecule has 1 atom stereocenters. The van der Waals surface area contributed by atoms with Gasteiger partial charge < -0.3 is 4.90 Å². The average Bonchev–Trinajstić information content (AvgIpc) is 2.79. The van der Waals surface area contributed by atoms with Crippen molar-refractivity contribution in [3.63, 3.8) is 0 Å². The molecular formula is C10H17N5. The minimum Gasteiger partial charge on any atom is -0.303 e. The van der Waals surface area contributed by atoms with Gasteiger partial charge >= 0.3 is 0 Å². The first kappa shape index (κ1) is 9.27. The third-order valence-corrected chi connectivity index (χ3v) is 3.74. The summed E-state index contributed by atoms with van der Waals surface area (Å²) in [6.07, 6.45) is 2.62. The standard InChI is InChI=1S/C10H17N5/c1-2-15-12-10(11-13-15)9-7-14-5-3-8(9)4-6-14/h8-9H,2-7H2,1H3. The van der Waals surface area contributed by atoms with Crippen LogP contribution < -0.4 is 0 Å². The number of aryl methyl sites for hydroxylation is 1. The van der Waals surface area contributed by atoms with Crippen molar-refractivity contribution >= 4 is 0 Å². The number of hydrogen-bond donors (Lipinski definition) is 0. The molecule has 3 saturated heterocycles. The third kappa shape index (κ3) is 1.55. The van der Waals surface area contributed by atoms with Gasteiger partial charge in [-0.15, -0.1) is 10.2 Å². The van der Waals surface area contributed by atoms with E-state index in [1.807, 2.05) is 6.92 Å². The van der Waals surface area contributed by atoms with E-state index in [-0.39, 0.29) is 0 Å². The summed E-state index contributed by atoms with van der Waals surface area (Å²) in [5.74, 6) is 2.29. The summed E-state index contributed by atoms with van der Waals surface area (Å²) < 4.78 is 0. The van der Waals surface area contributed by atoms with E-state index in [9.17, 15) is 0 Å². The van der Waals surface area contributed by atoms with Crippen LogP contribution in [-0.4, -0.2) is 44.7 Å². The minimum atomic E-state index is 0.535. The van der Waals surface area contributed by atoms with E-state index in [2.05, 4.69) is 20.3 Å². The highest BCUT2D eigenvalue weighted by Gasteiger charge is 2.37. The van der Waals surface area contributed by atoms with Crippen molar-refractivity contribution in [2.45, 2.75) is 32.2 Å². The summed E-state index contributed by atoms with van der Waals surface area (Å²) >= 11 is 0. The fraction of sp³-hybridized carbons (Fsp3) is 0.900. The summed E-state index contributed by atoms with van der Waals surface area (Å²) in [5.41, 5.74) is 0. The lowest BCUT2D eigenvalue weighted by molar-refractivity contribution is 0.0834. The molecule has 0 spiro atoms. The zero-order chi connectivity index (χ0) is 10.3. The van der Waals surface area contributed by atoms with Gasteiger partial charge in [-0.05, 0) is 44.0 Å². The molecule has 0 N–H and O–H groups in total. The Kier molecular flexibility index (Phi) is 2.20. The predicted octanol–water partition coefficient (Wildman–Crippen LogP) is 0.502. The second-order valence-electron chi connectivity index (χ2n) is 4.58. The Morgan fingerprint density at radius 1 is 1.33 bits per heavy atom. The van der Waals surface area contributed by atoms with Crippen LogP contribution in [0.25, 0.3) is 0 Å². The first-order chi connectivity index (χ1) is 7.36. The normalized spacial score (nSPS) is 34.6. The van der Waals surface area contributed by atoms with Gasteiger partial charge in [-0.2, -0.15) is 4.80 Å². The van der Waals surface area contributed by atoms with E-state index in [1.165, 1.54) is 25.9 Å². The van der Waals surface area contributed by atoms with Crippen LogP contribution in [0.5, 0.6) is 0 Å². The molecule has 15 heavy (non-hydrogen) atoms. The number of fused-ring (bicyclic) bond motifs is 3. The lowest BCUT2D eigenvalue weighted by Crippen LogP contribution is -2.46. The summed E-state index contributed by atoms with van der Waals surface area (Å²) in [4.78, 5) is 4.21. The molecule has 1 aromatic rings. The van der Waals surface area contributed by atoms with Gasteiger partial charge in [0.1, 0.15) is 0 Å². The van der Waals surface area contributed by atoms with Crippen molar-refractivity contribution in [2.24, 2.45) is 5.92 Å². The van der Waals surface area contributed by atoms with Crippen molar-refractivity contribution < 1.29 is 0 Å². The topological polar surface area (TPSA) is 46.8 Å². The van der Waals surface area contributed by atoms with Gasteiger partial charge in [0.15, 0.2) is 5.82 Å². The highest BCUT2D eigenvalue weighted by molar-refractivity contribution is 5.02. The number of tetrazole rings is 1. The zero-order valence-electron chi connectivity index (χ0n) is 9.13. The first-order valence-electron chi connectivity index (χ1n) is 5.87. The van der Waals surface area contributed by atoms with Crippen LogP contribution in [0, 0.1) is 5.92 Å². The fourth-order valence-corrected chi connectivity index (χ4v) is 2.80. The molecular weight excluding hydrogens is 190 g/mol. The molecule has 0 aliphatic carbocycles. The van der Waals surface area contributed by atoms with Crippen LogP contribution in [0.15, 0.2) is 0 Å². The van der Waals surface area contributed by atoms with Crippen molar-refractivity contribution in [1.29, 1.82) is 0 Å².